The Labute approximate surface area is 73.2 Å². The van der Waals surface area contributed by atoms with Crippen molar-refractivity contribution in [3.8, 4) is 0 Å². The number of hydrogen-bond donors (Lipinski definition) is 0. The van der Waals surface area contributed by atoms with E-state index in [2.05, 4.69) is 6.92 Å². The van der Waals surface area contributed by atoms with Crippen molar-refractivity contribution in [3.63, 3.8) is 0 Å². The number of carbonyl (C=O) groups excluding carboxylic acids is 1. The lowest BCUT2D eigenvalue weighted by molar-refractivity contribution is 0.111. The fourth-order valence-corrected chi connectivity index (χ4v) is 1.30. The molecule has 1 aromatic heterocycles. The van der Waals surface area contributed by atoms with E-state index in [1.54, 1.807) is 0 Å². The summed E-state index contributed by atoms with van der Waals surface area (Å²) in [6, 6.07) is 3.90. The zero-order valence-electron chi connectivity index (χ0n) is 7.71. The minimum Gasteiger partial charge on any atom is -0.346 e. The normalized spacial score (nSPS) is 10.2. The van der Waals surface area contributed by atoms with Crippen molar-refractivity contribution in [1.29, 1.82) is 0 Å². The number of aldehydes is 1. The number of carbonyl (C=O) groups is 1. The molecule has 0 aliphatic carbocycles. The summed E-state index contributed by atoms with van der Waals surface area (Å²) in [7, 11) is 1.94. The third kappa shape index (κ3) is 1.76. The van der Waals surface area contributed by atoms with Gasteiger partial charge in [0.25, 0.3) is 0 Å². The highest BCUT2D eigenvalue weighted by molar-refractivity contribution is 5.72. The van der Waals surface area contributed by atoms with Gasteiger partial charge >= 0.3 is 0 Å². The van der Waals surface area contributed by atoms with Gasteiger partial charge in [-0.3, -0.25) is 4.79 Å². The number of aromatic nitrogens is 1. The van der Waals surface area contributed by atoms with E-state index in [4.69, 9.17) is 0 Å². The van der Waals surface area contributed by atoms with Crippen LogP contribution in [0.4, 0.5) is 0 Å². The molecule has 0 aliphatic rings. The molecule has 0 radical (unpaired) electrons. The van der Waals surface area contributed by atoms with Crippen molar-refractivity contribution in [2.45, 2.75) is 26.2 Å². The maximum absolute atomic E-state index is 10.5. The standard InChI is InChI=1S/C10H15NO/c1-3-4-5-9-6-7-10(8-12)11(9)2/h6-8H,3-5H2,1-2H3. The second kappa shape index (κ2) is 4.10. The number of unbranched alkanes of at least 4 members (excludes halogenated alkanes) is 1. The van der Waals surface area contributed by atoms with Crippen LogP contribution in [0.25, 0.3) is 0 Å². The van der Waals surface area contributed by atoms with Gasteiger partial charge < -0.3 is 4.57 Å². The quantitative estimate of drug-likeness (QED) is 0.627. The van der Waals surface area contributed by atoms with Crippen molar-refractivity contribution in [2.75, 3.05) is 0 Å². The van der Waals surface area contributed by atoms with Gasteiger partial charge in [0.2, 0.25) is 0 Å². The first kappa shape index (κ1) is 9.04. The average Bonchev–Trinajstić information content (AvgIpc) is 2.43. The van der Waals surface area contributed by atoms with Gasteiger partial charge in [0.05, 0.1) is 5.69 Å². The van der Waals surface area contributed by atoms with E-state index in [1.165, 1.54) is 18.5 Å². The first-order valence-electron chi connectivity index (χ1n) is 4.39. The van der Waals surface area contributed by atoms with Crippen LogP contribution < -0.4 is 0 Å². The second-order valence-electron chi connectivity index (χ2n) is 3.03. The van der Waals surface area contributed by atoms with Crippen molar-refractivity contribution in [1.82, 2.24) is 4.57 Å². The lowest BCUT2D eigenvalue weighted by atomic mass is 10.2. The van der Waals surface area contributed by atoms with Gasteiger partial charge in [-0.2, -0.15) is 0 Å². The molecular formula is C10H15NO. The minimum atomic E-state index is 0.765. The zero-order chi connectivity index (χ0) is 8.97. The third-order valence-electron chi connectivity index (χ3n) is 2.17. The number of hydrogen-bond acceptors (Lipinski definition) is 1. The molecule has 12 heavy (non-hydrogen) atoms. The number of nitrogens with zero attached hydrogens (tertiary/aromatic N) is 1. The molecule has 0 N–H and O–H groups in total. The van der Waals surface area contributed by atoms with Crippen LogP contribution in [0.3, 0.4) is 0 Å². The van der Waals surface area contributed by atoms with Gasteiger partial charge in [0, 0.05) is 12.7 Å². The highest BCUT2D eigenvalue weighted by Gasteiger charge is 2.01. The van der Waals surface area contributed by atoms with Gasteiger partial charge in [-0.25, -0.2) is 0 Å². The van der Waals surface area contributed by atoms with Crippen LogP contribution in [0.5, 0.6) is 0 Å². The van der Waals surface area contributed by atoms with Crippen LogP contribution in [0.2, 0.25) is 0 Å². The van der Waals surface area contributed by atoms with Crippen molar-refractivity contribution in [2.24, 2.45) is 7.05 Å². The molecule has 0 aromatic carbocycles. The van der Waals surface area contributed by atoms with Crippen LogP contribution >= 0.6 is 0 Å². The van der Waals surface area contributed by atoms with Crippen LogP contribution in [0, 0.1) is 0 Å². The molecule has 66 valence electrons. The predicted octanol–water partition coefficient (Wildman–Crippen LogP) is 2.18. The summed E-state index contributed by atoms with van der Waals surface area (Å²) < 4.78 is 1.96. The van der Waals surface area contributed by atoms with E-state index in [0.717, 1.165) is 18.4 Å². The molecule has 0 spiro atoms. The lowest BCUT2D eigenvalue weighted by Gasteiger charge is -2.02. The first-order valence-corrected chi connectivity index (χ1v) is 4.39. The van der Waals surface area contributed by atoms with Gasteiger partial charge in [-0.15, -0.1) is 0 Å². The largest absolute Gasteiger partial charge is 0.346 e. The van der Waals surface area contributed by atoms with E-state index in [9.17, 15) is 4.79 Å². The predicted molar refractivity (Wildman–Crippen MR) is 49.4 cm³/mol. The Kier molecular flexibility index (Phi) is 3.09. The van der Waals surface area contributed by atoms with Gasteiger partial charge in [-0.05, 0) is 25.0 Å². The Morgan fingerprint density at radius 2 is 2.25 bits per heavy atom. The molecule has 1 heterocycles. The highest BCUT2D eigenvalue weighted by Crippen LogP contribution is 2.08. The van der Waals surface area contributed by atoms with Crippen LogP contribution in [0.15, 0.2) is 12.1 Å². The summed E-state index contributed by atoms with van der Waals surface area (Å²) >= 11 is 0. The molecule has 1 aromatic rings. The molecule has 0 saturated carbocycles. The molecule has 0 fully saturated rings. The molecule has 0 bridgehead atoms. The summed E-state index contributed by atoms with van der Waals surface area (Å²) in [4.78, 5) is 10.5. The summed E-state index contributed by atoms with van der Waals surface area (Å²) in [6.07, 6.45) is 4.36. The molecule has 0 atom stereocenters. The van der Waals surface area contributed by atoms with Crippen LogP contribution in [0.1, 0.15) is 35.9 Å². The second-order valence-corrected chi connectivity index (χ2v) is 3.03. The summed E-state index contributed by atoms with van der Waals surface area (Å²) in [5, 5.41) is 0. The topological polar surface area (TPSA) is 22.0 Å². The van der Waals surface area contributed by atoms with E-state index < -0.39 is 0 Å². The zero-order valence-corrected chi connectivity index (χ0v) is 7.71. The Hall–Kier alpha value is -1.05. The van der Waals surface area contributed by atoms with Crippen molar-refractivity contribution < 1.29 is 4.79 Å². The van der Waals surface area contributed by atoms with Gasteiger partial charge in [-0.1, -0.05) is 13.3 Å². The van der Waals surface area contributed by atoms with E-state index in [-0.39, 0.29) is 0 Å². The summed E-state index contributed by atoms with van der Waals surface area (Å²) in [5.41, 5.74) is 2.01. The maximum atomic E-state index is 10.5. The summed E-state index contributed by atoms with van der Waals surface area (Å²) in [5.74, 6) is 0. The smallest absolute Gasteiger partial charge is 0.166 e. The molecule has 0 aliphatic heterocycles. The fraction of sp³-hybridized carbons (Fsp3) is 0.500. The van der Waals surface area contributed by atoms with Crippen LogP contribution in [-0.4, -0.2) is 10.9 Å². The first-order chi connectivity index (χ1) is 5.79. The molecule has 0 saturated heterocycles. The van der Waals surface area contributed by atoms with E-state index in [1.807, 2.05) is 23.7 Å². The Morgan fingerprint density at radius 3 is 2.75 bits per heavy atom. The SMILES string of the molecule is CCCCc1ccc(C=O)n1C. The lowest BCUT2D eigenvalue weighted by Crippen LogP contribution is -1.99. The van der Waals surface area contributed by atoms with Gasteiger partial charge in [0.1, 0.15) is 0 Å². The molecular weight excluding hydrogens is 150 g/mol. The molecule has 2 nitrogen and oxygen atoms in total. The van der Waals surface area contributed by atoms with Crippen LogP contribution in [-0.2, 0) is 13.5 Å². The van der Waals surface area contributed by atoms with Crippen molar-refractivity contribution >= 4 is 6.29 Å². The number of rotatable bonds is 4. The Balaban J connectivity index is 2.72. The summed E-state index contributed by atoms with van der Waals surface area (Å²) in [6.45, 7) is 2.17. The Bertz CT molecular complexity index is 263. The number of aryl methyl sites for hydroxylation is 1. The van der Waals surface area contributed by atoms with Crippen molar-refractivity contribution in [3.05, 3.63) is 23.5 Å². The van der Waals surface area contributed by atoms with E-state index in [0.29, 0.717) is 0 Å². The fourth-order valence-electron chi connectivity index (χ4n) is 1.30. The third-order valence-corrected chi connectivity index (χ3v) is 2.17. The maximum Gasteiger partial charge on any atom is 0.166 e. The van der Waals surface area contributed by atoms with Gasteiger partial charge in [0.15, 0.2) is 6.29 Å². The molecule has 0 unspecified atom stereocenters. The molecule has 0 amide bonds. The molecule has 1 rings (SSSR count). The Morgan fingerprint density at radius 1 is 1.50 bits per heavy atom. The van der Waals surface area contributed by atoms with E-state index >= 15 is 0 Å². The molecule has 2 heteroatoms. The average molecular weight is 165 g/mol. The monoisotopic (exact) mass is 165 g/mol. The highest BCUT2D eigenvalue weighted by atomic mass is 16.1. The minimum absolute atomic E-state index is 0.765.